The lowest BCUT2D eigenvalue weighted by atomic mass is 9.96. The molecular weight excluding hydrogens is 354 g/mol. The first-order valence-electron chi connectivity index (χ1n) is 5.90. The monoisotopic (exact) mass is 369 g/mol. The van der Waals surface area contributed by atoms with Gasteiger partial charge in [0.1, 0.15) is 4.90 Å². The maximum Gasteiger partial charge on any atom is 0.242 e. The van der Waals surface area contributed by atoms with Gasteiger partial charge in [0.25, 0.3) is 0 Å². The molecule has 0 bridgehead atoms. The molecule has 0 aromatic heterocycles. The van der Waals surface area contributed by atoms with E-state index in [4.69, 9.17) is 11.6 Å². The summed E-state index contributed by atoms with van der Waals surface area (Å²) in [7, 11) is -3.76. The molecule has 4 nitrogen and oxygen atoms in total. The Morgan fingerprint density at radius 3 is 2.37 bits per heavy atom. The minimum atomic E-state index is -3.76. The molecule has 0 spiro atoms. The summed E-state index contributed by atoms with van der Waals surface area (Å²) in [6.07, 6.45) is 0.987. The Balaban J connectivity index is 3.17. The molecule has 0 aliphatic rings. The number of hydrogen-bond donors (Lipinski definition) is 2. The van der Waals surface area contributed by atoms with Crippen molar-refractivity contribution >= 4 is 37.6 Å². The molecule has 0 aliphatic carbocycles. The molecule has 0 atom stereocenters. The zero-order valence-electron chi connectivity index (χ0n) is 10.8. The van der Waals surface area contributed by atoms with Crippen LogP contribution in [0.15, 0.2) is 27.6 Å². The highest BCUT2D eigenvalue weighted by atomic mass is 79.9. The first kappa shape index (κ1) is 16.9. The summed E-state index contributed by atoms with van der Waals surface area (Å²) in [5.41, 5.74) is -0.852. The van der Waals surface area contributed by atoms with Gasteiger partial charge >= 0.3 is 0 Å². The molecule has 0 saturated carbocycles. The SMILES string of the molecule is CCC(CC)(CO)NS(=O)(=O)c1ccc(Br)cc1Cl. The quantitative estimate of drug-likeness (QED) is 0.809. The lowest BCUT2D eigenvalue weighted by Crippen LogP contribution is -2.50. The predicted octanol–water partition coefficient (Wildman–Crippen LogP) is 2.93. The Labute approximate surface area is 127 Å². The number of aliphatic hydroxyl groups is 1. The summed E-state index contributed by atoms with van der Waals surface area (Å²) in [4.78, 5) is 0.0112. The molecule has 0 amide bonds. The fourth-order valence-electron chi connectivity index (χ4n) is 1.68. The second-order valence-corrected chi connectivity index (χ2v) is 7.30. The molecule has 0 radical (unpaired) electrons. The van der Waals surface area contributed by atoms with Gasteiger partial charge in [-0.1, -0.05) is 41.4 Å². The molecule has 0 saturated heterocycles. The van der Waals surface area contributed by atoms with Crippen molar-refractivity contribution in [2.75, 3.05) is 6.61 Å². The van der Waals surface area contributed by atoms with Gasteiger partial charge in [0, 0.05) is 4.47 Å². The van der Waals surface area contributed by atoms with Crippen molar-refractivity contribution in [1.82, 2.24) is 4.72 Å². The summed E-state index contributed by atoms with van der Waals surface area (Å²) >= 11 is 9.19. The van der Waals surface area contributed by atoms with Crippen molar-refractivity contribution in [3.8, 4) is 0 Å². The highest BCUT2D eigenvalue weighted by Crippen LogP contribution is 2.27. The summed E-state index contributed by atoms with van der Waals surface area (Å²) in [6, 6.07) is 4.57. The third-order valence-corrected chi connectivity index (χ3v) is 5.75. The fraction of sp³-hybridized carbons (Fsp3) is 0.500. The van der Waals surface area contributed by atoms with Crippen LogP contribution in [0.4, 0.5) is 0 Å². The summed E-state index contributed by atoms with van der Waals surface area (Å²) in [6.45, 7) is 3.39. The average molecular weight is 371 g/mol. The van der Waals surface area contributed by atoms with Crippen molar-refractivity contribution in [3.05, 3.63) is 27.7 Å². The number of benzene rings is 1. The zero-order valence-corrected chi connectivity index (χ0v) is 13.9. The smallest absolute Gasteiger partial charge is 0.242 e. The standard InChI is InChI=1S/C12H17BrClNO3S/c1-3-12(4-2,8-16)15-19(17,18)11-6-5-9(13)7-10(11)14/h5-7,15-16H,3-4,8H2,1-2H3. The van der Waals surface area contributed by atoms with Gasteiger partial charge in [-0.05, 0) is 31.0 Å². The molecule has 1 rings (SSSR count). The minimum Gasteiger partial charge on any atom is -0.394 e. The van der Waals surface area contributed by atoms with Crippen LogP contribution in [0.2, 0.25) is 5.02 Å². The maximum absolute atomic E-state index is 12.3. The zero-order chi connectivity index (χ0) is 14.7. The lowest BCUT2D eigenvalue weighted by Gasteiger charge is -2.30. The van der Waals surface area contributed by atoms with E-state index >= 15 is 0 Å². The van der Waals surface area contributed by atoms with Crippen molar-refractivity contribution in [2.45, 2.75) is 37.1 Å². The molecule has 2 N–H and O–H groups in total. The van der Waals surface area contributed by atoms with E-state index < -0.39 is 15.6 Å². The van der Waals surface area contributed by atoms with Crippen LogP contribution in [-0.4, -0.2) is 25.7 Å². The van der Waals surface area contributed by atoms with E-state index in [-0.39, 0.29) is 16.5 Å². The predicted molar refractivity (Wildman–Crippen MR) is 79.9 cm³/mol. The van der Waals surface area contributed by atoms with Crippen molar-refractivity contribution in [1.29, 1.82) is 0 Å². The second-order valence-electron chi connectivity index (χ2n) is 4.33. The molecule has 0 unspecified atom stereocenters. The van der Waals surface area contributed by atoms with Gasteiger partial charge < -0.3 is 5.11 Å². The van der Waals surface area contributed by atoms with E-state index in [0.29, 0.717) is 17.3 Å². The van der Waals surface area contributed by atoms with E-state index in [1.165, 1.54) is 12.1 Å². The first-order valence-corrected chi connectivity index (χ1v) is 8.55. The molecular formula is C12H17BrClNO3S. The molecule has 7 heteroatoms. The fourth-order valence-corrected chi connectivity index (χ4v) is 4.26. The van der Waals surface area contributed by atoms with Crippen LogP contribution < -0.4 is 4.72 Å². The van der Waals surface area contributed by atoms with E-state index in [2.05, 4.69) is 20.7 Å². The Kier molecular flexibility index (Phi) is 5.82. The second kappa shape index (κ2) is 6.54. The molecule has 0 heterocycles. The number of hydrogen-bond acceptors (Lipinski definition) is 3. The van der Waals surface area contributed by atoms with Gasteiger partial charge in [-0.15, -0.1) is 0 Å². The molecule has 0 fully saturated rings. The third kappa shape index (κ3) is 3.92. The Hall–Kier alpha value is -0.140. The lowest BCUT2D eigenvalue weighted by molar-refractivity contribution is 0.172. The van der Waals surface area contributed by atoms with Gasteiger partial charge in [-0.25, -0.2) is 13.1 Å². The van der Waals surface area contributed by atoms with Crippen LogP contribution in [0.3, 0.4) is 0 Å². The number of rotatable bonds is 6. The average Bonchev–Trinajstić information content (AvgIpc) is 2.35. The van der Waals surface area contributed by atoms with Crippen LogP contribution in [-0.2, 0) is 10.0 Å². The Morgan fingerprint density at radius 2 is 1.95 bits per heavy atom. The van der Waals surface area contributed by atoms with Crippen molar-refractivity contribution < 1.29 is 13.5 Å². The highest BCUT2D eigenvalue weighted by molar-refractivity contribution is 9.10. The van der Waals surface area contributed by atoms with E-state index in [9.17, 15) is 13.5 Å². The number of nitrogens with one attached hydrogen (secondary N) is 1. The maximum atomic E-state index is 12.3. The van der Waals surface area contributed by atoms with Crippen LogP contribution >= 0.6 is 27.5 Å². The molecule has 1 aromatic rings. The van der Waals surface area contributed by atoms with Crippen molar-refractivity contribution in [3.63, 3.8) is 0 Å². The molecule has 0 aliphatic heterocycles. The van der Waals surface area contributed by atoms with E-state index in [0.717, 1.165) is 0 Å². The molecule has 19 heavy (non-hydrogen) atoms. The first-order chi connectivity index (χ1) is 8.80. The van der Waals surface area contributed by atoms with Crippen LogP contribution in [0.5, 0.6) is 0 Å². The minimum absolute atomic E-state index is 0.0112. The summed E-state index contributed by atoms with van der Waals surface area (Å²) < 4.78 is 27.9. The molecule has 1 aromatic carbocycles. The Morgan fingerprint density at radius 1 is 1.37 bits per heavy atom. The largest absolute Gasteiger partial charge is 0.394 e. The van der Waals surface area contributed by atoms with Gasteiger partial charge in [0.15, 0.2) is 0 Å². The number of sulfonamides is 1. The van der Waals surface area contributed by atoms with Crippen molar-refractivity contribution in [2.24, 2.45) is 0 Å². The van der Waals surface area contributed by atoms with Gasteiger partial charge in [-0.2, -0.15) is 0 Å². The third-order valence-electron chi connectivity index (χ3n) is 3.19. The van der Waals surface area contributed by atoms with E-state index in [1.54, 1.807) is 6.07 Å². The highest BCUT2D eigenvalue weighted by Gasteiger charge is 2.32. The van der Waals surface area contributed by atoms with Crippen LogP contribution in [0.1, 0.15) is 26.7 Å². The van der Waals surface area contributed by atoms with Gasteiger partial charge in [-0.3, -0.25) is 0 Å². The van der Waals surface area contributed by atoms with Gasteiger partial charge in [0.2, 0.25) is 10.0 Å². The normalized spacial score (nSPS) is 12.7. The molecule has 108 valence electrons. The van der Waals surface area contributed by atoms with Crippen LogP contribution in [0.25, 0.3) is 0 Å². The summed E-state index contributed by atoms with van der Waals surface area (Å²) in [5.74, 6) is 0. The number of halogens is 2. The van der Waals surface area contributed by atoms with Crippen LogP contribution in [0, 0.1) is 0 Å². The van der Waals surface area contributed by atoms with E-state index in [1.807, 2.05) is 13.8 Å². The Bertz CT molecular complexity index is 536. The summed E-state index contributed by atoms with van der Waals surface area (Å²) in [5, 5.41) is 9.57. The topological polar surface area (TPSA) is 66.4 Å². The number of aliphatic hydroxyl groups excluding tert-OH is 1. The van der Waals surface area contributed by atoms with Gasteiger partial charge in [0.05, 0.1) is 17.2 Å².